The van der Waals surface area contributed by atoms with Gasteiger partial charge >= 0.3 is 0 Å². The maximum absolute atomic E-state index is 12.6. The Morgan fingerprint density at radius 3 is 2.24 bits per heavy atom. The lowest BCUT2D eigenvalue weighted by molar-refractivity contribution is -0.146. The maximum Gasteiger partial charge on any atom is 0.228 e. The number of hydrogen-bond acceptors (Lipinski definition) is 2. The van der Waals surface area contributed by atoms with E-state index in [9.17, 15) is 4.79 Å². The third-order valence-electron chi connectivity index (χ3n) is 4.71. The van der Waals surface area contributed by atoms with Gasteiger partial charge < -0.3 is 10.2 Å². The second-order valence-electron chi connectivity index (χ2n) is 5.94. The molecule has 0 aromatic heterocycles. The van der Waals surface area contributed by atoms with Crippen LogP contribution in [-0.2, 0) is 4.79 Å². The average Bonchev–Trinajstić information content (AvgIpc) is 2.39. The molecule has 1 heterocycles. The van der Waals surface area contributed by atoms with Crippen molar-refractivity contribution in [1.29, 1.82) is 0 Å². The predicted octanol–water partition coefficient (Wildman–Crippen LogP) is 2.02. The molecule has 0 unspecified atom stereocenters. The van der Waals surface area contributed by atoms with Crippen LogP contribution in [0.25, 0.3) is 0 Å². The largest absolute Gasteiger partial charge is 0.348 e. The van der Waals surface area contributed by atoms with Gasteiger partial charge in [0.05, 0.1) is 5.41 Å². The third kappa shape index (κ3) is 2.49. The molecular weight excluding hydrogens is 212 g/mol. The second-order valence-corrected chi connectivity index (χ2v) is 5.94. The van der Waals surface area contributed by atoms with Crippen molar-refractivity contribution in [3.63, 3.8) is 0 Å². The van der Waals surface area contributed by atoms with Gasteiger partial charge in [0.25, 0.3) is 0 Å². The van der Waals surface area contributed by atoms with Crippen molar-refractivity contribution in [2.24, 2.45) is 11.3 Å². The van der Waals surface area contributed by atoms with Gasteiger partial charge in [-0.05, 0) is 44.7 Å². The second kappa shape index (κ2) is 5.38. The van der Waals surface area contributed by atoms with Crippen molar-refractivity contribution in [2.45, 2.75) is 44.9 Å². The Morgan fingerprint density at radius 1 is 1.12 bits per heavy atom. The quantitative estimate of drug-likeness (QED) is 0.798. The van der Waals surface area contributed by atoms with Crippen LogP contribution in [0.1, 0.15) is 44.9 Å². The Morgan fingerprint density at radius 2 is 1.71 bits per heavy atom. The van der Waals surface area contributed by atoms with Crippen LogP contribution in [0.15, 0.2) is 0 Å². The summed E-state index contributed by atoms with van der Waals surface area (Å²) in [7, 11) is 3.82. The first kappa shape index (κ1) is 12.9. The minimum atomic E-state index is -0.0465. The molecule has 1 amide bonds. The molecule has 3 heteroatoms. The van der Waals surface area contributed by atoms with E-state index in [2.05, 4.69) is 5.32 Å². The monoisotopic (exact) mass is 238 g/mol. The summed E-state index contributed by atoms with van der Waals surface area (Å²) in [5.41, 5.74) is -0.0465. The number of carbonyl (C=O) groups is 1. The molecule has 0 bridgehead atoms. The van der Waals surface area contributed by atoms with E-state index < -0.39 is 0 Å². The van der Waals surface area contributed by atoms with Gasteiger partial charge in [-0.2, -0.15) is 0 Å². The van der Waals surface area contributed by atoms with E-state index in [-0.39, 0.29) is 5.41 Å². The van der Waals surface area contributed by atoms with E-state index in [1.54, 1.807) is 0 Å². The molecule has 17 heavy (non-hydrogen) atoms. The molecule has 1 saturated heterocycles. The van der Waals surface area contributed by atoms with Gasteiger partial charge in [0.15, 0.2) is 0 Å². The maximum atomic E-state index is 12.6. The lowest BCUT2D eigenvalue weighted by atomic mass is 9.63. The van der Waals surface area contributed by atoms with Crippen molar-refractivity contribution < 1.29 is 4.79 Å². The summed E-state index contributed by atoms with van der Waals surface area (Å²) in [6.07, 6.45) is 8.60. The summed E-state index contributed by atoms with van der Waals surface area (Å²) in [5, 5.41) is 3.40. The van der Waals surface area contributed by atoms with Crippen molar-refractivity contribution in [3.05, 3.63) is 0 Å². The van der Waals surface area contributed by atoms with E-state index in [1.807, 2.05) is 19.0 Å². The highest BCUT2D eigenvalue weighted by Gasteiger charge is 2.46. The van der Waals surface area contributed by atoms with Crippen LogP contribution in [0, 0.1) is 11.3 Å². The van der Waals surface area contributed by atoms with Crippen molar-refractivity contribution in [2.75, 3.05) is 27.2 Å². The molecule has 2 rings (SSSR count). The number of nitrogens with zero attached hydrogens (tertiary/aromatic N) is 1. The molecule has 3 nitrogen and oxygen atoms in total. The van der Waals surface area contributed by atoms with Crippen LogP contribution in [0.2, 0.25) is 0 Å². The molecule has 0 spiro atoms. The van der Waals surface area contributed by atoms with Gasteiger partial charge in [-0.15, -0.1) is 0 Å². The Kier molecular flexibility index (Phi) is 4.08. The fourth-order valence-electron chi connectivity index (χ4n) is 3.77. The van der Waals surface area contributed by atoms with Crippen LogP contribution in [-0.4, -0.2) is 38.0 Å². The van der Waals surface area contributed by atoms with Crippen molar-refractivity contribution >= 4 is 5.91 Å². The first-order chi connectivity index (χ1) is 8.17. The topological polar surface area (TPSA) is 32.3 Å². The Labute approximate surface area is 105 Å². The molecule has 1 saturated carbocycles. The van der Waals surface area contributed by atoms with E-state index in [0.717, 1.165) is 25.9 Å². The molecular formula is C14H26N2O. The van der Waals surface area contributed by atoms with Gasteiger partial charge in [-0.3, -0.25) is 4.79 Å². The Bertz CT molecular complexity index is 263. The Hall–Kier alpha value is -0.570. The lowest BCUT2D eigenvalue weighted by Gasteiger charge is -2.45. The lowest BCUT2D eigenvalue weighted by Crippen LogP contribution is -2.51. The molecule has 98 valence electrons. The fraction of sp³-hybridized carbons (Fsp3) is 0.929. The zero-order valence-corrected chi connectivity index (χ0v) is 11.3. The summed E-state index contributed by atoms with van der Waals surface area (Å²) in [6.45, 7) is 2.02. The smallest absolute Gasteiger partial charge is 0.228 e. The summed E-state index contributed by atoms with van der Waals surface area (Å²) in [6, 6.07) is 0. The van der Waals surface area contributed by atoms with Crippen molar-refractivity contribution in [1.82, 2.24) is 10.2 Å². The number of piperidine rings is 1. The fourth-order valence-corrected chi connectivity index (χ4v) is 3.77. The van der Waals surface area contributed by atoms with E-state index in [1.165, 1.54) is 32.1 Å². The normalized spacial score (nSPS) is 25.5. The van der Waals surface area contributed by atoms with Gasteiger partial charge in [0, 0.05) is 14.1 Å². The zero-order valence-electron chi connectivity index (χ0n) is 11.3. The molecule has 2 fully saturated rings. The molecule has 0 atom stereocenters. The highest BCUT2D eigenvalue weighted by Crippen LogP contribution is 2.45. The summed E-state index contributed by atoms with van der Waals surface area (Å²) in [5.74, 6) is 1.01. The van der Waals surface area contributed by atoms with Gasteiger partial charge in [0.2, 0.25) is 5.91 Å². The highest BCUT2D eigenvalue weighted by atomic mass is 16.2. The van der Waals surface area contributed by atoms with Crippen LogP contribution in [0.5, 0.6) is 0 Å². The van der Waals surface area contributed by atoms with E-state index in [0.29, 0.717) is 11.8 Å². The molecule has 1 aliphatic carbocycles. The number of amides is 1. The van der Waals surface area contributed by atoms with Crippen LogP contribution in [0.4, 0.5) is 0 Å². The molecule has 0 aromatic rings. The molecule has 1 N–H and O–H groups in total. The Balaban J connectivity index is 2.18. The first-order valence-corrected chi connectivity index (χ1v) is 7.09. The summed E-state index contributed by atoms with van der Waals surface area (Å²) in [4.78, 5) is 14.4. The number of rotatable bonds is 2. The first-order valence-electron chi connectivity index (χ1n) is 7.09. The van der Waals surface area contributed by atoms with Crippen LogP contribution >= 0.6 is 0 Å². The highest BCUT2D eigenvalue weighted by molar-refractivity contribution is 5.82. The van der Waals surface area contributed by atoms with E-state index >= 15 is 0 Å². The number of carbonyl (C=O) groups excluding carboxylic acids is 1. The SMILES string of the molecule is CN(C)C(=O)C1(C2CCCCC2)CCNCC1. The molecule has 0 aromatic carbocycles. The van der Waals surface area contributed by atoms with E-state index in [4.69, 9.17) is 0 Å². The predicted molar refractivity (Wildman–Crippen MR) is 69.8 cm³/mol. The van der Waals surface area contributed by atoms with Crippen LogP contribution < -0.4 is 5.32 Å². The summed E-state index contributed by atoms with van der Waals surface area (Å²) < 4.78 is 0. The minimum Gasteiger partial charge on any atom is -0.348 e. The minimum absolute atomic E-state index is 0.0465. The third-order valence-corrected chi connectivity index (χ3v) is 4.71. The average molecular weight is 238 g/mol. The van der Waals surface area contributed by atoms with Gasteiger partial charge in [-0.25, -0.2) is 0 Å². The molecule has 0 radical (unpaired) electrons. The van der Waals surface area contributed by atoms with Crippen molar-refractivity contribution in [3.8, 4) is 0 Å². The standard InChI is InChI=1S/C14H26N2O/c1-16(2)13(17)14(8-10-15-11-9-14)12-6-4-3-5-7-12/h12,15H,3-11H2,1-2H3. The zero-order chi connectivity index (χ0) is 12.3. The van der Waals surface area contributed by atoms with Crippen LogP contribution in [0.3, 0.4) is 0 Å². The summed E-state index contributed by atoms with van der Waals surface area (Å²) >= 11 is 0. The molecule has 1 aliphatic heterocycles. The molecule has 2 aliphatic rings. The van der Waals surface area contributed by atoms with Gasteiger partial charge in [0.1, 0.15) is 0 Å². The number of nitrogens with one attached hydrogen (secondary N) is 1. The van der Waals surface area contributed by atoms with Gasteiger partial charge in [-0.1, -0.05) is 19.3 Å². The number of hydrogen-bond donors (Lipinski definition) is 1.